The molecule has 10 nitrogen and oxygen atoms in total. The van der Waals surface area contributed by atoms with Crippen LogP contribution in [0.25, 0.3) is 5.76 Å². The standard InChI is InChI=1S/C28H33N3O7/c1-5-13-38-20-8-6-7-19(16-20)24-22(25(32)21-17(2)23(28(35)36-4)29-18(21)3)26(33)27(34)31(24)10-9-30-11-14-37-15-12-30/h5-8,16,24,29,32H,1,9-15H2,2-4H3. The Bertz CT molecular complexity index is 1270. The Morgan fingerprint density at radius 3 is 2.66 bits per heavy atom. The number of rotatable bonds is 9. The van der Waals surface area contributed by atoms with Crippen molar-refractivity contribution < 1.29 is 33.7 Å². The maximum Gasteiger partial charge on any atom is 0.354 e. The third-order valence-electron chi connectivity index (χ3n) is 6.91. The number of Topliss-reactive ketones (excluding diaryl/α,β-unsaturated/α-hetero) is 1. The lowest BCUT2D eigenvalue weighted by Crippen LogP contribution is -2.42. The maximum atomic E-state index is 13.5. The number of aliphatic hydroxyl groups is 1. The Hall–Kier alpha value is -3.89. The highest BCUT2D eigenvalue weighted by Gasteiger charge is 2.46. The van der Waals surface area contributed by atoms with Crippen molar-refractivity contribution >= 4 is 23.4 Å². The van der Waals surface area contributed by atoms with Crippen LogP contribution in [0.5, 0.6) is 5.75 Å². The molecule has 0 spiro atoms. The Kier molecular flexibility index (Phi) is 8.33. The van der Waals surface area contributed by atoms with Gasteiger partial charge in [0.1, 0.15) is 23.8 Å². The molecule has 0 radical (unpaired) electrons. The van der Waals surface area contributed by atoms with Gasteiger partial charge in [-0.25, -0.2) is 4.79 Å². The van der Waals surface area contributed by atoms with E-state index in [0.717, 1.165) is 13.1 Å². The number of nitrogens with zero attached hydrogens (tertiary/aromatic N) is 2. The van der Waals surface area contributed by atoms with Gasteiger partial charge < -0.3 is 29.2 Å². The SMILES string of the molecule is C=CCOc1cccc(C2C(=C(O)c3c(C)[nH]c(C(=O)OC)c3C)C(=O)C(=O)N2CCN2CCOCC2)c1. The van der Waals surface area contributed by atoms with E-state index in [0.29, 0.717) is 54.5 Å². The number of aliphatic hydroxyl groups excluding tert-OH is 1. The third-order valence-corrected chi connectivity index (χ3v) is 6.91. The average Bonchev–Trinajstić information content (AvgIpc) is 3.37. The molecule has 3 heterocycles. The topological polar surface area (TPSA) is 121 Å². The zero-order chi connectivity index (χ0) is 27.4. The first-order chi connectivity index (χ1) is 18.3. The zero-order valence-electron chi connectivity index (χ0n) is 21.9. The molecule has 2 fully saturated rings. The Labute approximate surface area is 221 Å². The van der Waals surface area contributed by atoms with E-state index in [4.69, 9.17) is 14.2 Å². The van der Waals surface area contributed by atoms with Gasteiger partial charge in [0.05, 0.1) is 31.9 Å². The van der Waals surface area contributed by atoms with E-state index in [9.17, 15) is 19.5 Å². The van der Waals surface area contributed by atoms with Gasteiger partial charge in [-0.3, -0.25) is 14.5 Å². The van der Waals surface area contributed by atoms with Crippen molar-refractivity contribution in [3.8, 4) is 5.75 Å². The molecule has 1 atom stereocenters. The number of carbonyl (C=O) groups is 3. The first-order valence-corrected chi connectivity index (χ1v) is 12.5. The minimum atomic E-state index is -0.849. The molecule has 2 aliphatic heterocycles. The number of aromatic nitrogens is 1. The number of aryl methyl sites for hydroxylation is 1. The lowest BCUT2D eigenvalue weighted by atomic mass is 9.94. The minimum Gasteiger partial charge on any atom is -0.507 e. The van der Waals surface area contributed by atoms with E-state index >= 15 is 0 Å². The predicted octanol–water partition coefficient (Wildman–Crippen LogP) is 2.74. The van der Waals surface area contributed by atoms with E-state index in [1.165, 1.54) is 12.0 Å². The summed E-state index contributed by atoms with van der Waals surface area (Å²) in [6.07, 6.45) is 1.62. The molecule has 1 unspecified atom stereocenters. The van der Waals surface area contributed by atoms with Crippen molar-refractivity contribution in [2.24, 2.45) is 0 Å². The highest BCUT2D eigenvalue weighted by atomic mass is 16.5. The molecule has 1 aromatic carbocycles. The molecular formula is C28H33N3O7. The molecule has 2 aliphatic rings. The number of nitrogens with one attached hydrogen (secondary N) is 1. The molecule has 2 saturated heterocycles. The highest BCUT2D eigenvalue weighted by Crippen LogP contribution is 2.41. The molecule has 10 heteroatoms. The van der Waals surface area contributed by atoms with Crippen LogP contribution in [-0.4, -0.2) is 90.7 Å². The summed E-state index contributed by atoms with van der Waals surface area (Å²) in [6.45, 7) is 10.8. The van der Waals surface area contributed by atoms with Crippen molar-refractivity contribution in [3.05, 3.63) is 70.6 Å². The van der Waals surface area contributed by atoms with Crippen molar-refractivity contribution in [2.45, 2.75) is 19.9 Å². The summed E-state index contributed by atoms with van der Waals surface area (Å²) >= 11 is 0. The molecule has 2 N–H and O–H groups in total. The van der Waals surface area contributed by atoms with E-state index in [2.05, 4.69) is 16.5 Å². The van der Waals surface area contributed by atoms with E-state index < -0.39 is 23.7 Å². The van der Waals surface area contributed by atoms with Gasteiger partial charge in [0.15, 0.2) is 0 Å². The second-order valence-corrected chi connectivity index (χ2v) is 9.24. The normalized spacial score (nSPS) is 19.6. The van der Waals surface area contributed by atoms with Crippen LogP contribution >= 0.6 is 0 Å². The Morgan fingerprint density at radius 2 is 1.97 bits per heavy atom. The molecule has 0 saturated carbocycles. The Balaban J connectivity index is 1.81. The minimum absolute atomic E-state index is 0.0422. The number of hydrogen-bond donors (Lipinski definition) is 2. The molecule has 4 rings (SSSR count). The number of amides is 1. The van der Waals surface area contributed by atoms with Gasteiger partial charge >= 0.3 is 5.97 Å². The average molecular weight is 524 g/mol. The van der Waals surface area contributed by atoms with Crippen LogP contribution in [-0.2, 0) is 19.1 Å². The van der Waals surface area contributed by atoms with Crippen molar-refractivity contribution in [2.75, 3.05) is 53.1 Å². The number of esters is 1. The summed E-state index contributed by atoms with van der Waals surface area (Å²) in [7, 11) is 1.26. The fraction of sp³-hybridized carbons (Fsp3) is 0.393. The fourth-order valence-corrected chi connectivity index (χ4v) is 5.01. The van der Waals surface area contributed by atoms with Crippen molar-refractivity contribution in [1.29, 1.82) is 0 Å². The van der Waals surface area contributed by atoms with Gasteiger partial charge in [0.2, 0.25) is 0 Å². The summed E-state index contributed by atoms with van der Waals surface area (Å²) < 4.78 is 16.0. The molecule has 0 aliphatic carbocycles. The van der Waals surface area contributed by atoms with Gasteiger partial charge in [0.25, 0.3) is 11.7 Å². The second kappa shape index (κ2) is 11.7. The van der Waals surface area contributed by atoms with Crippen LogP contribution in [0.3, 0.4) is 0 Å². The quantitative estimate of drug-likeness (QED) is 0.169. The van der Waals surface area contributed by atoms with Gasteiger partial charge in [-0.15, -0.1) is 0 Å². The number of ether oxygens (including phenoxy) is 3. The summed E-state index contributed by atoms with van der Waals surface area (Å²) in [5.74, 6) is -1.88. The summed E-state index contributed by atoms with van der Waals surface area (Å²) in [5, 5.41) is 11.6. The number of benzene rings is 1. The second-order valence-electron chi connectivity index (χ2n) is 9.24. The van der Waals surface area contributed by atoms with E-state index in [1.807, 2.05) is 0 Å². The molecule has 38 heavy (non-hydrogen) atoms. The van der Waals surface area contributed by atoms with Crippen molar-refractivity contribution in [1.82, 2.24) is 14.8 Å². The van der Waals surface area contributed by atoms with E-state index in [-0.39, 0.29) is 23.6 Å². The lowest BCUT2D eigenvalue weighted by Gasteiger charge is -2.31. The van der Waals surface area contributed by atoms with Crippen LogP contribution in [0, 0.1) is 13.8 Å². The van der Waals surface area contributed by atoms with Crippen molar-refractivity contribution in [3.63, 3.8) is 0 Å². The summed E-state index contributed by atoms with van der Waals surface area (Å²) in [6, 6.07) is 6.25. The van der Waals surface area contributed by atoms with Gasteiger partial charge in [-0.2, -0.15) is 0 Å². The van der Waals surface area contributed by atoms with Crippen LogP contribution in [0.15, 0.2) is 42.5 Å². The molecular weight excluding hydrogens is 490 g/mol. The van der Waals surface area contributed by atoms with Gasteiger partial charge in [-0.05, 0) is 37.1 Å². The Morgan fingerprint density at radius 1 is 1.24 bits per heavy atom. The fourth-order valence-electron chi connectivity index (χ4n) is 5.01. The number of likely N-dealkylation sites (tertiary alicyclic amines) is 1. The molecule has 202 valence electrons. The molecule has 0 bridgehead atoms. The number of morpholine rings is 1. The van der Waals surface area contributed by atoms with Crippen LogP contribution in [0.1, 0.15) is 38.9 Å². The van der Waals surface area contributed by atoms with Gasteiger partial charge in [0, 0.05) is 37.4 Å². The predicted molar refractivity (Wildman–Crippen MR) is 140 cm³/mol. The first kappa shape index (κ1) is 27.2. The molecule has 1 amide bonds. The number of hydrogen-bond acceptors (Lipinski definition) is 8. The van der Waals surface area contributed by atoms with Crippen LogP contribution in [0.2, 0.25) is 0 Å². The van der Waals surface area contributed by atoms with E-state index in [1.54, 1.807) is 44.2 Å². The van der Waals surface area contributed by atoms with Gasteiger partial charge in [-0.1, -0.05) is 24.8 Å². The molecule has 2 aromatic rings. The number of carbonyl (C=O) groups excluding carboxylic acids is 3. The summed E-state index contributed by atoms with van der Waals surface area (Å²) in [4.78, 5) is 45.7. The van der Waals surface area contributed by atoms with Crippen LogP contribution < -0.4 is 4.74 Å². The maximum absolute atomic E-state index is 13.5. The smallest absolute Gasteiger partial charge is 0.354 e. The largest absolute Gasteiger partial charge is 0.507 e. The number of methoxy groups -OCH3 is 1. The number of H-pyrrole nitrogens is 1. The van der Waals surface area contributed by atoms with Crippen LogP contribution in [0.4, 0.5) is 0 Å². The lowest BCUT2D eigenvalue weighted by molar-refractivity contribution is -0.140. The molecule has 1 aromatic heterocycles. The zero-order valence-corrected chi connectivity index (χ0v) is 21.9. The summed E-state index contributed by atoms with van der Waals surface area (Å²) in [5.41, 5.74) is 1.94. The first-order valence-electron chi connectivity index (χ1n) is 12.5. The monoisotopic (exact) mass is 523 g/mol. The third kappa shape index (κ3) is 5.23. The number of aromatic amines is 1. The number of ketones is 1. The highest BCUT2D eigenvalue weighted by molar-refractivity contribution is 6.46.